The Bertz CT molecular complexity index is 928. The molecule has 1 saturated heterocycles. The first kappa shape index (κ1) is 20.4. The van der Waals surface area contributed by atoms with Crippen LogP contribution in [0.3, 0.4) is 0 Å². The van der Waals surface area contributed by atoms with Crippen LogP contribution in [-0.4, -0.2) is 56.3 Å². The fourth-order valence-corrected chi connectivity index (χ4v) is 4.40. The van der Waals surface area contributed by atoms with Gasteiger partial charge >= 0.3 is 0 Å². The summed E-state index contributed by atoms with van der Waals surface area (Å²) >= 11 is 0. The molecule has 1 aliphatic rings. The molecular formula is C19H21F2N3O3S. The van der Waals surface area contributed by atoms with Gasteiger partial charge in [-0.3, -0.25) is 9.69 Å². The van der Waals surface area contributed by atoms with E-state index in [1.54, 1.807) is 18.2 Å². The molecule has 0 saturated carbocycles. The summed E-state index contributed by atoms with van der Waals surface area (Å²) in [5.74, 6) is -1.12. The lowest BCUT2D eigenvalue weighted by atomic mass is 10.2. The minimum Gasteiger partial charge on any atom is -0.351 e. The highest BCUT2D eigenvalue weighted by atomic mass is 32.2. The molecule has 1 amide bonds. The molecule has 1 aliphatic heterocycles. The van der Waals surface area contributed by atoms with Gasteiger partial charge in [0.25, 0.3) is 0 Å². The van der Waals surface area contributed by atoms with Crippen molar-refractivity contribution in [2.24, 2.45) is 0 Å². The van der Waals surface area contributed by atoms with Crippen molar-refractivity contribution in [2.75, 3.05) is 32.7 Å². The maximum atomic E-state index is 13.6. The van der Waals surface area contributed by atoms with Gasteiger partial charge in [-0.2, -0.15) is 4.31 Å². The van der Waals surface area contributed by atoms with Crippen LogP contribution in [-0.2, 0) is 21.4 Å². The zero-order chi connectivity index (χ0) is 20.1. The van der Waals surface area contributed by atoms with Gasteiger partial charge in [-0.15, -0.1) is 0 Å². The van der Waals surface area contributed by atoms with E-state index in [9.17, 15) is 22.0 Å². The zero-order valence-corrected chi connectivity index (χ0v) is 16.0. The van der Waals surface area contributed by atoms with Crippen LogP contribution in [0.1, 0.15) is 5.56 Å². The minimum atomic E-state index is -3.68. The Hall–Kier alpha value is -2.36. The fraction of sp³-hybridized carbons (Fsp3) is 0.316. The Morgan fingerprint density at radius 2 is 1.61 bits per heavy atom. The van der Waals surface area contributed by atoms with Crippen molar-refractivity contribution >= 4 is 15.9 Å². The summed E-state index contributed by atoms with van der Waals surface area (Å²) < 4.78 is 53.1. The number of carbonyl (C=O) groups excluding carboxylic acids is 1. The Labute approximate surface area is 162 Å². The zero-order valence-electron chi connectivity index (χ0n) is 15.1. The highest BCUT2D eigenvalue weighted by molar-refractivity contribution is 7.89. The van der Waals surface area contributed by atoms with E-state index in [0.717, 1.165) is 12.1 Å². The van der Waals surface area contributed by atoms with E-state index < -0.39 is 15.8 Å². The van der Waals surface area contributed by atoms with Crippen molar-refractivity contribution in [3.05, 3.63) is 65.7 Å². The first-order valence-corrected chi connectivity index (χ1v) is 10.3. The van der Waals surface area contributed by atoms with E-state index in [1.807, 2.05) is 4.90 Å². The highest BCUT2D eigenvalue weighted by Crippen LogP contribution is 2.18. The van der Waals surface area contributed by atoms with Crippen LogP contribution in [0.5, 0.6) is 0 Å². The van der Waals surface area contributed by atoms with Gasteiger partial charge in [0.1, 0.15) is 11.6 Å². The van der Waals surface area contributed by atoms with Crippen molar-refractivity contribution < 1.29 is 22.0 Å². The lowest BCUT2D eigenvalue weighted by molar-refractivity contribution is -0.122. The number of carbonyl (C=O) groups is 1. The van der Waals surface area contributed by atoms with Gasteiger partial charge in [0.15, 0.2) is 0 Å². The minimum absolute atomic E-state index is 0.0463. The Morgan fingerprint density at radius 1 is 0.964 bits per heavy atom. The molecule has 1 N–H and O–H groups in total. The molecule has 0 atom stereocenters. The third-order valence-electron chi connectivity index (χ3n) is 4.58. The van der Waals surface area contributed by atoms with Crippen molar-refractivity contribution in [2.45, 2.75) is 11.4 Å². The Morgan fingerprint density at radius 3 is 2.25 bits per heavy atom. The van der Waals surface area contributed by atoms with Crippen LogP contribution in [0.4, 0.5) is 8.78 Å². The van der Waals surface area contributed by atoms with E-state index >= 15 is 0 Å². The predicted molar refractivity (Wildman–Crippen MR) is 99.8 cm³/mol. The number of amides is 1. The summed E-state index contributed by atoms with van der Waals surface area (Å²) in [6.45, 7) is 1.48. The van der Waals surface area contributed by atoms with Crippen molar-refractivity contribution in [3.63, 3.8) is 0 Å². The summed E-state index contributed by atoms with van der Waals surface area (Å²) in [6, 6.07) is 10.9. The molecule has 9 heteroatoms. The van der Waals surface area contributed by atoms with Crippen molar-refractivity contribution in [3.8, 4) is 0 Å². The number of halogens is 2. The van der Waals surface area contributed by atoms with Gasteiger partial charge in [0, 0.05) is 38.3 Å². The molecule has 0 radical (unpaired) electrons. The molecule has 0 aliphatic carbocycles. The molecule has 0 unspecified atom stereocenters. The summed E-state index contributed by atoms with van der Waals surface area (Å²) in [5, 5.41) is 2.67. The molecule has 2 aromatic rings. The molecule has 6 nitrogen and oxygen atoms in total. The number of hydrogen-bond acceptors (Lipinski definition) is 4. The lowest BCUT2D eigenvalue weighted by Gasteiger charge is -2.33. The van der Waals surface area contributed by atoms with Crippen molar-refractivity contribution in [1.29, 1.82) is 0 Å². The number of nitrogens with zero attached hydrogens (tertiary/aromatic N) is 2. The van der Waals surface area contributed by atoms with Crippen LogP contribution in [0.25, 0.3) is 0 Å². The Kier molecular flexibility index (Phi) is 6.38. The molecule has 150 valence electrons. The average Bonchev–Trinajstić information content (AvgIpc) is 2.68. The van der Waals surface area contributed by atoms with Crippen LogP contribution >= 0.6 is 0 Å². The molecule has 3 rings (SSSR count). The average molecular weight is 409 g/mol. The fourth-order valence-electron chi connectivity index (χ4n) is 2.98. The SMILES string of the molecule is O=C(CN1CCN(S(=O)(=O)c2ccc(F)cc2)CC1)NCc1ccccc1F. The van der Waals surface area contributed by atoms with Crippen LogP contribution < -0.4 is 5.32 Å². The van der Waals surface area contributed by atoms with Gasteiger partial charge in [-0.1, -0.05) is 18.2 Å². The molecule has 2 aromatic carbocycles. The number of sulfonamides is 1. The van der Waals surface area contributed by atoms with Gasteiger partial charge in [0.2, 0.25) is 15.9 Å². The maximum absolute atomic E-state index is 13.6. The number of nitrogens with one attached hydrogen (secondary N) is 1. The van der Waals surface area contributed by atoms with Crippen LogP contribution in [0, 0.1) is 11.6 Å². The second-order valence-electron chi connectivity index (χ2n) is 6.50. The van der Waals surface area contributed by atoms with E-state index in [1.165, 1.54) is 22.5 Å². The second kappa shape index (κ2) is 8.76. The lowest BCUT2D eigenvalue weighted by Crippen LogP contribution is -2.51. The third-order valence-corrected chi connectivity index (χ3v) is 6.50. The summed E-state index contributed by atoms with van der Waals surface area (Å²) in [7, 11) is -3.68. The first-order chi connectivity index (χ1) is 13.4. The van der Waals surface area contributed by atoms with E-state index in [0.29, 0.717) is 18.7 Å². The molecule has 1 fully saturated rings. The van der Waals surface area contributed by atoms with Crippen LogP contribution in [0.15, 0.2) is 53.4 Å². The standard InChI is InChI=1S/C19H21F2N3O3S/c20-16-5-7-17(8-6-16)28(26,27)24-11-9-23(10-12-24)14-19(25)22-13-15-3-1-2-4-18(15)21/h1-8H,9-14H2,(H,22,25). The third kappa shape index (κ3) is 4.92. The molecule has 28 heavy (non-hydrogen) atoms. The molecule has 1 heterocycles. The largest absolute Gasteiger partial charge is 0.351 e. The number of hydrogen-bond donors (Lipinski definition) is 1. The van der Waals surface area contributed by atoms with Crippen molar-refractivity contribution in [1.82, 2.24) is 14.5 Å². The number of rotatable bonds is 6. The maximum Gasteiger partial charge on any atom is 0.243 e. The van der Waals surface area contributed by atoms with Gasteiger partial charge in [-0.25, -0.2) is 17.2 Å². The summed E-state index contributed by atoms with van der Waals surface area (Å²) in [6.07, 6.45) is 0. The van der Waals surface area contributed by atoms with Gasteiger partial charge < -0.3 is 5.32 Å². The Balaban J connectivity index is 1.49. The normalized spacial score (nSPS) is 16.1. The number of piperazine rings is 1. The van der Waals surface area contributed by atoms with E-state index in [2.05, 4.69) is 5.32 Å². The quantitative estimate of drug-likeness (QED) is 0.787. The second-order valence-corrected chi connectivity index (χ2v) is 8.44. The van der Waals surface area contributed by atoms with E-state index in [4.69, 9.17) is 0 Å². The molecule has 0 aromatic heterocycles. The topological polar surface area (TPSA) is 69.7 Å². The smallest absolute Gasteiger partial charge is 0.243 e. The monoisotopic (exact) mass is 409 g/mol. The van der Waals surface area contributed by atoms with Gasteiger partial charge in [0.05, 0.1) is 11.4 Å². The van der Waals surface area contributed by atoms with Gasteiger partial charge in [-0.05, 0) is 30.3 Å². The molecular weight excluding hydrogens is 388 g/mol. The van der Waals surface area contributed by atoms with E-state index in [-0.39, 0.29) is 42.8 Å². The molecule has 0 spiro atoms. The summed E-state index contributed by atoms with van der Waals surface area (Å²) in [5.41, 5.74) is 0.408. The first-order valence-electron chi connectivity index (χ1n) is 8.84. The summed E-state index contributed by atoms with van der Waals surface area (Å²) in [4.78, 5) is 14.0. The van der Waals surface area contributed by atoms with Crippen LogP contribution in [0.2, 0.25) is 0 Å². The highest BCUT2D eigenvalue weighted by Gasteiger charge is 2.29. The predicted octanol–water partition coefficient (Wildman–Crippen LogP) is 1.59. The number of benzene rings is 2. The molecule has 0 bridgehead atoms.